The maximum Gasteiger partial charge on any atom is 0.302 e. The minimum Gasteiger partial charge on any atom is -0.463 e. The molecule has 2 rings (SSSR count). The fourth-order valence-electron chi connectivity index (χ4n) is 2.14. The van der Waals surface area contributed by atoms with Gasteiger partial charge in [0.15, 0.2) is 5.78 Å². The van der Waals surface area contributed by atoms with Crippen molar-refractivity contribution in [2.45, 2.75) is 33.0 Å². The zero-order chi connectivity index (χ0) is 14.7. The van der Waals surface area contributed by atoms with Crippen LogP contribution in [-0.4, -0.2) is 24.5 Å². The van der Waals surface area contributed by atoms with Gasteiger partial charge in [-0.25, -0.2) is 0 Å². The van der Waals surface area contributed by atoms with Crippen LogP contribution in [0.25, 0.3) is 0 Å². The summed E-state index contributed by atoms with van der Waals surface area (Å²) in [6.45, 7) is 5.40. The molecule has 0 unspecified atom stereocenters. The Morgan fingerprint density at radius 1 is 1.35 bits per heavy atom. The Balaban J connectivity index is 2.19. The molecule has 4 nitrogen and oxygen atoms in total. The highest BCUT2D eigenvalue weighted by Gasteiger charge is 2.28. The molecule has 1 aromatic rings. The van der Waals surface area contributed by atoms with E-state index in [1.165, 1.54) is 13.0 Å². The second kappa shape index (κ2) is 6.01. The molecule has 0 bridgehead atoms. The molecule has 0 saturated carbocycles. The van der Waals surface area contributed by atoms with Crippen LogP contribution in [0.4, 0.5) is 0 Å². The molecule has 0 saturated heterocycles. The molecular formula is C16H18O4. The Hall–Kier alpha value is -1.94. The maximum atomic E-state index is 12.0. The van der Waals surface area contributed by atoms with E-state index in [-0.39, 0.29) is 24.5 Å². The number of hydrogen-bond acceptors (Lipinski definition) is 4. The first-order valence-corrected chi connectivity index (χ1v) is 6.55. The fourth-order valence-corrected chi connectivity index (χ4v) is 2.14. The second-order valence-corrected chi connectivity index (χ2v) is 4.98. The number of ketones is 1. The first kappa shape index (κ1) is 14.5. The molecule has 4 heteroatoms. The van der Waals surface area contributed by atoms with E-state index in [1.807, 2.05) is 32.0 Å². The quantitative estimate of drug-likeness (QED) is 0.794. The van der Waals surface area contributed by atoms with Crippen LogP contribution in [-0.2, 0) is 19.1 Å². The Morgan fingerprint density at radius 3 is 2.80 bits per heavy atom. The van der Waals surface area contributed by atoms with E-state index in [0.717, 1.165) is 16.7 Å². The van der Waals surface area contributed by atoms with Crippen molar-refractivity contribution in [1.29, 1.82) is 0 Å². The molecule has 0 radical (unpaired) electrons. The number of carbonyl (C=O) groups is 2. The van der Waals surface area contributed by atoms with Crippen LogP contribution in [0.2, 0.25) is 0 Å². The van der Waals surface area contributed by atoms with Gasteiger partial charge in [-0.1, -0.05) is 23.8 Å². The second-order valence-electron chi connectivity index (χ2n) is 4.98. The molecule has 20 heavy (non-hydrogen) atoms. The summed E-state index contributed by atoms with van der Waals surface area (Å²) < 4.78 is 10.7. The molecule has 0 spiro atoms. The largest absolute Gasteiger partial charge is 0.463 e. The molecule has 1 aliphatic heterocycles. The topological polar surface area (TPSA) is 52.6 Å². The van der Waals surface area contributed by atoms with Crippen molar-refractivity contribution in [2.24, 2.45) is 0 Å². The lowest BCUT2D eigenvalue weighted by Crippen LogP contribution is -2.29. The third kappa shape index (κ3) is 3.33. The highest BCUT2D eigenvalue weighted by atomic mass is 16.6. The zero-order valence-electron chi connectivity index (χ0n) is 11.9. The lowest BCUT2D eigenvalue weighted by molar-refractivity contribution is -0.147. The predicted molar refractivity (Wildman–Crippen MR) is 74.3 cm³/mol. The molecule has 0 amide bonds. The van der Waals surface area contributed by atoms with Crippen molar-refractivity contribution in [3.63, 3.8) is 0 Å². The van der Waals surface area contributed by atoms with Gasteiger partial charge in [0.25, 0.3) is 0 Å². The summed E-state index contributed by atoms with van der Waals surface area (Å²) in [5.74, 6) is -0.444. The molecule has 0 aromatic heterocycles. The van der Waals surface area contributed by atoms with Gasteiger partial charge in [0, 0.05) is 6.92 Å². The smallest absolute Gasteiger partial charge is 0.302 e. The first-order valence-electron chi connectivity index (χ1n) is 6.55. The lowest BCUT2D eigenvalue weighted by atomic mass is 9.96. The van der Waals surface area contributed by atoms with Crippen molar-refractivity contribution in [3.05, 3.63) is 47.0 Å². The average molecular weight is 274 g/mol. The van der Waals surface area contributed by atoms with E-state index >= 15 is 0 Å². The summed E-state index contributed by atoms with van der Waals surface area (Å²) in [5.41, 5.74) is 2.95. The Morgan fingerprint density at radius 2 is 2.10 bits per heavy atom. The SMILES string of the molecule is CC(=O)OC[C@@H]1C=CC(=O)[C@@H](c2cc(C)ccc2C)O1. The zero-order valence-corrected chi connectivity index (χ0v) is 11.9. The molecule has 1 heterocycles. The van der Waals surface area contributed by atoms with Gasteiger partial charge in [0.1, 0.15) is 18.8 Å². The van der Waals surface area contributed by atoms with Gasteiger partial charge in [0.2, 0.25) is 0 Å². The van der Waals surface area contributed by atoms with Crippen molar-refractivity contribution < 1.29 is 19.1 Å². The van der Waals surface area contributed by atoms with E-state index in [4.69, 9.17) is 9.47 Å². The molecule has 0 N–H and O–H groups in total. The van der Waals surface area contributed by atoms with Crippen molar-refractivity contribution in [3.8, 4) is 0 Å². The van der Waals surface area contributed by atoms with Gasteiger partial charge >= 0.3 is 5.97 Å². The number of ether oxygens (including phenoxy) is 2. The van der Waals surface area contributed by atoms with Crippen LogP contribution in [0.3, 0.4) is 0 Å². The summed E-state index contributed by atoms with van der Waals surface area (Å²) >= 11 is 0. The highest BCUT2D eigenvalue weighted by molar-refractivity contribution is 5.95. The van der Waals surface area contributed by atoms with Crippen LogP contribution in [0.15, 0.2) is 30.4 Å². The summed E-state index contributed by atoms with van der Waals surface area (Å²) in [7, 11) is 0. The molecule has 1 aliphatic rings. The number of hydrogen-bond donors (Lipinski definition) is 0. The van der Waals surface area contributed by atoms with Crippen molar-refractivity contribution in [2.75, 3.05) is 6.61 Å². The van der Waals surface area contributed by atoms with Gasteiger partial charge in [-0.15, -0.1) is 0 Å². The van der Waals surface area contributed by atoms with Crippen LogP contribution in [0.1, 0.15) is 29.7 Å². The van der Waals surface area contributed by atoms with Crippen LogP contribution >= 0.6 is 0 Å². The molecule has 0 aliphatic carbocycles. The predicted octanol–water partition coefficient (Wildman–Crippen LogP) is 2.43. The van der Waals surface area contributed by atoms with Crippen molar-refractivity contribution in [1.82, 2.24) is 0 Å². The first-order chi connectivity index (χ1) is 9.47. The third-order valence-electron chi connectivity index (χ3n) is 3.21. The standard InChI is InChI=1S/C16H18O4/c1-10-4-5-11(2)14(8-10)16-15(18)7-6-13(20-16)9-19-12(3)17/h4-8,13,16H,9H2,1-3H3/t13-,16+/m0/s1. The van der Waals surface area contributed by atoms with Crippen molar-refractivity contribution >= 4 is 11.8 Å². The maximum absolute atomic E-state index is 12.0. The van der Waals surface area contributed by atoms with E-state index in [2.05, 4.69) is 0 Å². The Labute approximate surface area is 118 Å². The molecule has 1 aromatic carbocycles. The van der Waals surface area contributed by atoms with Gasteiger partial charge in [-0.3, -0.25) is 9.59 Å². The molecule has 2 atom stereocenters. The fraction of sp³-hybridized carbons (Fsp3) is 0.375. The number of aryl methyl sites for hydroxylation is 2. The van der Waals surface area contributed by atoms with Crippen LogP contribution in [0, 0.1) is 13.8 Å². The minimum absolute atomic E-state index is 0.0854. The number of benzene rings is 1. The van der Waals surface area contributed by atoms with Gasteiger partial charge in [-0.05, 0) is 37.1 Å². The minimum atomic E-state index is -0.625. The highest BCUT2D eigenvalue weighted by Crippen LogP contribution is 2.28. The Kier molecular flexibility index (Phi) is 4.35. The summed E-state index contributed by atoms with van der Waals surface area (Å²) in [5, 5.41) is 0. The Bertz CT molecular complexity index is 560. The van der Waals surface area contributed by atoms with E-state index in [9.17, 15) is 9.59 Å². The van der Waals surface area contributed by atoms with Crippen LogP contribution in [0.5, 0.6) is 0 Å². The van der Waals surface area contributed by atoms with Gasteiger partial charge in [-0.2, -0.15) is 0 Å². The third-order valence-corrected chi connectivity index (χ3v) is 3.21. The summed E-state index contributed by atoms with van der Waals surface area (Å²) in [4.78, 5) is 22.9. The van der Waals surface area contributed by atoms with Gasteiger partial charge in [0.05, 0.1) is 0 Å². The van der Waals surface area contributed by atoms with E-state index < -0.39 is 6.10 Å². The number of esters is 1. The van der Waals surface area contributed by atoms with E-state index in [0.29, 0.717) is 0 Å². The van der Waals surface area contributed by atoms with Crippen LogP contribution < -0.4 is 0 Å². The summed E-state index contributed by atoms with van der Waals surface area (Å²) in [6.07, 6.45) is 2.12. The number of rotatable bonds is 3. The monoisotopic (exact) mass is 274 g/mol. The lowest BCUT2D eigenvalue weighted by Gasteiger charge is -2.26. The average Bonchev–Trinajstić information content (AvgIpc) is 2.41. The molecular weight excluding hydrogens is 256 g/mol. The number of carbonyl (C=O) groups excluding carboxylic acids is 2. The van der Waals surface area contributed by atoms with E-state index in [1.54, 1.807) is 6.08 Å². The molecule has 106 valence electrons. The molecule has 0 fully saturated rings. The van der Waals surface area contributed by atoms with Gasteiger partial charge < -0.3 is 9.47 Å². The normalized spacial score (nSPS) is 21.9. The summed E-state index contributed by atoms with van der Waals surface area (Å²) in [6, 6.07) is 5.93.